The Hall–Kier alpha value is -2.96. The van der Waals surface area contributed by atoms with Crippen molar-refractivity contribution < 1.29 is 23.8 Å². The molecule has 0 aliphatic carbocycles. The number of aromatic nitrogens is 1. The number of pyridine rings is 1. The van der Waals surface area contributed by atoms with Crippen molar-refractivity contribution in [2.45, 2.75) is 19.9 Å². The van der Waals surface area contributed by atoms with Crippen molar-refractivity contribution in [3.63, 3.8) is 0 Å². The SMILES string of the molecule is CCOC(=O)C(C)NC(=O)c1ncc(-c2ccc(F)cc2)cc1O. The third kappa shape index (κ3) is 4.07. The van der Waals surface area contributed by atoms with Gasteiger partial charge >= 0.3 is 5.97 Å². The molecule has 2 aromatic rings. The second-order valence-electron chi connectivity index (χ2n) is 5.05. The second kappa shape index (κ2) is 7.54. The molecule has 1 heterocycles. The molecule has 6 nitrogen and oxygen atoms in total. The minimum absolute atomic E-state index is 0.203. The van der Waals surface area contributed by atoms with Gasteiger partial charge in [0.05, 0.1) is 6.61 Å². The molecule has 0 bridgehead atoms. The van der Waals surface area contributed by atoms with Crippen LogP contribution in [-0.2, 0) is 9.53 Å². The summed E-state index contributed by atoms with van der Waals surface area (Å²) in [5.74, 6) is -1.99. The molecule has 1 aromatic heterocycles. The number of esters is 1. The highest BCUT2D eigenvalue weighted by Gasteiger charge is 2.20. The molecule has 0 radical (unpaired) electrons. The molecule has 1 amide bonds. The number of aromatic hydroxyl groups is 1. The lowest BCUT2D eigenvalue weighted by atomic mass is 10.1. The maximum absolute atomic E-state index is 12.9. The van der Waals surface area contributed by atoms with Crippen LogP contribution < -0.4 is 5.32 Å². The van der Waals surface area contributed by atoms with Crippen LogP contribution in [0.5, 0.6) is 5.75 Å². The Bertz CT molecular complexity index is 747. The maximum atomic E-state index is 12.9. The molecular weight excluding hydrogens is 315 g/mol. The van der Waals surface area contributed by atoms with Gasteiger partial charge < -0.3 is 15.2 Å². The van der Waals surface area contributed by atoms with Crippen molar-refractivity contribution in [1.82, 2.24) is 10.3 Å². The molecule has 2 N–H and O–H groups in total. The van der Waals surface area contributed by atoms with Crippen molar-refractivity contribution >= 4 is 11.9 Å². The van der Waals surface area contributed by atoms with Crippen LogP contribution >= 0.6 is 0 Å². The van der Waals surface area contributed by atoms with Gasteiger partial charge in [-0.1, -0.05) is 12.1 Å². The third-order valence-corrected chi connectivity index (χ3v) is 3.25. The molecular formula is C17H17FN2O4. The molecule has 0 spiro atoms. The number of nitrogens with one attached hydrogen (secondary N) is 1. The number of ether oxygens (including phenoxy) is 1. The van der Waals surface area contributed by atoms with E-state index < -0.39 is 17.9 Å². The number of nitrogens with zero attached hydrogens (tertiary/aromatic N) is 1. The maximum Gasteiger partial charge on any atom is 0.328 e. The van der Waals surface area contributed by atoms with Crippen LogP contribution in [-0.4, -0.2) is 34.6 Å². The Labute approximate surface area is 138 Å². The van der Waals surface area contributed by atoms with Gasteiger partial charge in [0, 0.05) is 11.8 Å². The average molecular weight is 332 g/mol. The summed E-state index contributed by atoms with van der Waals surface area (Å²) in [6.07, 6.45) is 1.39. The van der Waals surface area contributed by atoms with E-state index in [0.717, 1.165) is 0 Å². The van der Waals surface area contributed by atoms with E-state index in [0.29, 0.717) is 11.1 Å². The van der Waals surface area contributed by atoms with E-state index in [9.17, 15) is 19.1 Å². The molecule has 0 saturated carbocycles. The summed E-state index contributed by atoms with van der Waals surface area (Å²) in [6.45, 7) is 3.34. The largest absolute Gasteiger partial charge is 0.505 e. The van der Waals surface area contributed by atoms with Crippen LogP contribution in [0.2, 0.25) is 0 Å². The number of carbonyl (C=O) groups is 2. The van der Waals surface area contributed by atoms with Crippen molar-refractivity contribution in [2.24, 2.45) is 0 Å². The number of hydrogen-bond donors (Lipinski definition) is 2. The van der Waals surface area contributed by atoms with Crippen LogP contribution in [0.15, 0.2) is 36.5 Å². The molecule has 0 fully saturated rings. The summed E-state index contributed by atoms with van der Waals surface area (Å²) in [5.41, 5.74) is 0.963. The molecule has 126 valence electrons. The van der Waals surface area contributed by atoms with Gasteiger partial charge in [-0.2, -0.15) is 0 Å². The Balaban J connectivity index is 2.16. The smallest absolute Gasteiger partial charge is 0.328 e. The van der Waals surface area contributed by atoms with E-state index in [4.69, 9.17) is 4.74 Å². The van der Waals surface area contributed by atoms with Crippen LogP contribution in [0.25, 0.3) is 11.1 Å². The fourth-order valence-electron chi connectivity index (χ4n) is 2.02. The first-order valence-electron chi connectivity index (χ1n) is 7.34. The van der Waals surface area contributed by atoms with Crippen molar-refractivity contribution in [3.8, 4) is 16.9 Å². The highest BCUT2D eigenvalue weighted by Crippen LogP contribution is 2.24. The molecule has 1 aromatic carbocycles. The van der Waals surface area contributed by atoms with E-state index in [1.54, 1.807) is 6.92 Å². The fourth-order valence-corrected chi connectivity index (χ4v) is 2.02. The summed E-state index contributed by atoms with van der Waals surface area (Å²) in [5, 5.41) is 12.4. The van der Waals surface area contributed by atoms with Crippen LogP contribution in [0.3, 0.4) is 0 Å². The molecule has 24 heavy (non-hydrogen) atoms. The van der Waals surface area contributed by atoms with E-state index in [2.05, 4.69) is 10.3 Å². The first-order chi connectivity index (χ1) is 11.4. The van der Waals surface area contributed by atoms with Crippen LogP contribution in [0, 0.1) is 5.82 Å². The van der Waals surface area contributed by atoms with Gasteiger partial charge in [-0.15, -0.1) is 0 Å². The van der Waals surface area contributed by atoms with Gasteiger partial charge in [0.15, 0.2) is 5.69 Å². The van der Waals surface area contributed by atoms with E-state index >= 15 is 0 Å². The summed E-state index contributed by atoms with van der Waals surface area (Å²) < 4.78 is 17.7. The molecule has 1 atom stereocenters. The van der Waals surface area contributed by atoms with Crippen molar-refractivity contribution in [1.29, 1.82) is 0 Å². The van der Waals surface area contributed by atoms with E-state index in [1.165, 1.54) is 43.5 Å². The normalized spacial score (nSPS) is 11.6. The molecule has 1 unspecified atom stereocenters. The lowest BCUT2D eigenvalue weighted by molar-refractivity contribution is -0.144. The van der Waals surface area contributed by atoms with Crippen LogP contribution in [0.4, 0.5) is 4.39 Å². The summed E-state index contributed by atoms with van der Waals surface area (Å²) in [7, 11) is 0. The van der Waals surface area contributed by atoms with Crippen molar-refractivity contribution in [3.05, 3.63) is 48.0 Å². The minimum Gasteiger partial charge on any atom is -0.505 e. The topological polar surface area (TPSA) is 88.5 Å². The van der Waals surface area contributed by atoms with Crippen molar-refractivity contribution in [2.75, 3.05) is 6.61 Å². The average Bonchev–Trinajstić information content (AvgIpc) is 2.55. The number of amides is 1. The van der Waals surface area contributed by atoms with Crippen LogP contribution in [0.1, 0.15) is 24.3 Å². The predicted octanol–water partition coefficient (Wildman–Crippen LogP) is 2.27. The lowest BCUT2D eigenvalue weighted by Gasteiger charge is -2.13. The number of benzene rings is 1. The quantitative estimate of drug-likeness (QED) is 0.820. The fraction of sp³-hybridized carbons (Fsp3) is 0.235. The number of hydrogen-bond acceptors (Lipinski definition) is 5. The zero-order valence-electron chi connectivity index (χ0n) is 13.2. The molecule has 2 rings (SSSR count). The number of halogens is 1. The zero-order valence-corrected chi connectivity index (χ0v) is 13.2. The van der Waals surface area contributed by atoms with Gasteiger partial charge in [0.25, 0.3) is 5.91 Å². The number of carbonyl (C=O) groups excluding carboxylic acids is 2. The Kier molecular flexibility index (Phi) is 5.47. The number of rotatable bonds is 5. The lowest BCUT2D eigenvalue weighted by Crippen LogP contribution is -2.39. The van der Waals surface area contributed by atoms with E-state index in [1.807, 2.05) is 0 Å². The zero-order chi connectivity index (χ0) is 17.7. The first kappa shape index (κ1) is 17.4. The van der Waals surface area contributed by atoms with Gasteiger partial charge in [-0.25, -0.2) is 14.2 Å². The highest BCUT2D eigenvalue weighted by molar-refractivity contribution is 5.97. The summed E-state index contributed by atoms with van der Waals surface area (Å²) >= 11 is 0. The Morgan fingerprint density at radius 3 is 2.54 bits per heavy atom. The standard InChI is InChI=1S/C17H17FN2O4/c1-3-24-17(23)10(2)20-16(22)15-14(21)8-12(9-19-15)11-4-6-13(18)7-5-11/h4-10,21H,3H2,1-2H3,(H,20,22). The monoisotopic (exact) mass is 332 g/mol. The molecule has 0 saturated heterocycles. The van der Waals surface area contributed by atoms with Gasteiger partial charge in [0.2, 0.25) is 0 Å². The summed E-state index contributed by atoms with van der Waals surface area (Å²) in [4.78, 5) is 27.5. The molecule has 0 aliphatic rings. The first-order valence-corrected chi connectivity index (χ1v) is 7.34. The Morgan fingerprint density at radius 1 is 1.29 bits per heavy atom. The molecule has 7 heteroatoms. The summed E-state index contributed by atoms with van der Waals surface area (Å²) in [6, 6.07) is 6.13. The Morgan fingerprint density at radius 2 is 1.96 bits per heavy atom. The van der Waals surface area contributed by atoms with E-state index in [-0.39, 0.29) is 23.9 Å². The second-order valence-corrected chi connectivity index (χ2v) is 5.05. The molecule has 0 aliphatic heterocycles. The predicted molar refractivity (Wildman–Crippen MR) is 84.9 cm³/mol. The van der Waals surface area contributed by atoms with Gasteiger partial charge in [0.1, 0.15) is 17.6 Å². The highest BCUT2D eigenvalue weighted by atomic mass is 19.1. The van der Waals surface area contributed by atoms with Gasteiger partial charge in [-0.05, 0) is 37.6 Å². The third-order valence-electron chi connectivity index (χ3n) is 3.25. The van der Waals surface area contributed by atoms with Gasteiger partial charge in [-0.3, -0.25) is 4.79 Å². The minimum atomic E-state index is -0.865.